The van der Waals surface area contributed by atoms with Crippen LogP contribution in [0.25, 0.3) is 11.0 Å². The van der Waals surface area contributed by atoms with E-state index in [2.05, 4.69) is 10.3 Å². The average molecular weight is 413 g/mol. The Balaban J connectivity index is 1.52. The van der Waals surface area contributed by atoms with Gasteiger partial charge in [0.15, 0.2) is 0 Å². The number of hydrogen-bond donors (Lipinski definition) is 1. The number of aromatic nitrogens is 3. The van der Waals surface area contributed by atoms with Crippen LogP contribution < -0.4 is 15.7 Å². The number of ether oxygens (including phenoxy) is 1. The molecule has 31 heavy (non-hydrogen) atoms. The van der Waals surface area contributed by atoms with Gasteiger partial charge in [-0.2, -0.15) is 5.26 Å². The third kappa shape index (κ3) is 3.89. The van der Waals surface area contributed by atoms with E-state index in [9.17, 15) is 9.59 Å². The molecule has 1 N–H and O–H groups in total. The summed E-state index contributed by atoms with van der Waals surface area (Å²) in [6.07, 6.45) is 1.55. The number of amides is 1. The van der Waals surface area contributed by atoms with Crippen molar-refractivity contribution >= 4 is 22.6 Å². The summed E-state index contributed by atoms with van der Waals surface area (Å²) in [4.78, 5) is 29.2. The van der Waals surface area contributed by atoms with Crippen LogP contribution in [0.4, 0.5) is 5.69 Å². The van der Waals surface area contributed by atoms with E-state index in [4.69, 9.17) is 10.00 Å². The molecule has 4 aromatic rings. The molecule has 2 heterocycles. The lowest BCUT2D eigenvalue weighted by molar-refractivity contribution is -0.116. The van der Waals surface area contributed by atoms with Crippen LogP contribution in [0.3, 0.4) is 0 Å². The maximum atomic E-state index is 12.6. The van der Waals surface area contributed by atoms with Gasteiger partial charge >= 0.3 is 5.69 Å². The van der Waals surface area contributed by atoms with Crippen molar-refractivity contribution in [1.29, 1.82) is 5.26 Å². The molecule has 0 aliphatic rings. The predicted octanol–water partition coefficient (Wildman–Crippen LogP) is 3.35. The minimum absolute atomic E-state index is 0.0999. The number of aryl methyl sites for hydroxylation is 2. The molecule has 8 heteroatoms. The summed E-state index contributed by atoms with van der Waals surface area (Å²) < 4.78 is 8.68. The van der Waals surface area contributed by atoms with Gasteiger partial charge < -0.3 is 10.1 Å². The lowest BCUT2D eigenvalue weighted by atomic mass is 10.2. The average Bonchev–Trinajstić information content (AvgIpc) is 3.01. The Labute approximate surface area is 177 Å². The molecule has 8 nitrogen and oxygen atoms in total. The zero-order valence-corrected chi connectivity index (χ0v) is 17.0. The first-order valence-corrected chi connectivity index (χ1v) is 9.55. The van der Waals surface area contributed by atoms with Gasteiger partial charge in [0.1, 0.15) is 23.9 Å². The van der Waals surface area contributed by atoms with E-state index in [0.29, 0.717) is 22.5 Å². The van der Waals surface area contributed by atoms with Gasteiger partial charge in [-0.3, -0.25) is 13.9 Å². The van der Waals surface area contributed by atoms with Gasteiger partial charge in [-0.25, -0.2) is 9.78 Å². The SMILES string of the molecule is Cc1cc(Oc2ncccc2C#N)ccc1NC(=O)Cn1c(=O)n(C)c2ccccc21. The summed E-state index contributed by atoms with van der Waals surface area (Å²) in [5.74, 6) is 0.402. The number of anilines is 1. The number of carbonyl (C=O) groups excluding carboxylic acids is 1. The molecule has 0 saturated heterocycles. The quantitative estimate of drug-likeness (QED) is 0.541. The molecule has 0 bridgehead atoms. The summed E-state index contributed by atoms with van der Waals surface area (Å²) in [5.41, 5.74) is 2.93. The van der Waals surface area contributed by atoms with Crippen molar-refractivity contribution in [2.24, 2.45) is 7.05 Å². The van der Waals surface area contributed by atoms with Crippen LogP contribution in [0.5, 0.6) is 11.6 Å². The molecule has 0 radical (unpaired) electrons. The normalized spacial score (nSPS) is 10.6. The van der Waals surface area contributed by atoms with Crippen LogP contribution in [0.1, 0.15) is 11.1 Å². The largest absolute Gasteiger partial charge is 0.438 e. The summed E-state index contributed by atoms with van der Waals surface area (Å²) in [5, 5.41) is 12.0. The molecule has 0 fully saturated rings. The zero-order chi connectivity index (χ0) is 22.0. The highest BCUT2D eigenvalue weighted by molar-refractivity contribution is 5.92. The lowest BCUT2D eigenvalue weighted by Crippen LogP contribution is -2.28. The fraction of sp³-hybridized carbons (Fsp3) is 0.130. The first-order chi connectivity index (χ1) is 15.0. The Morgan fingerprint density at radius 2 is 1.94 bits per heavy atom. The van der Waals surface area contributed by atoms with Gasteiger partial charge in [0.05, 0.1) is 11.0 Å². The maximum Gasteiger partial charge on any atom is 0.329 e. The van der Waals surface area contributed by atoms with Gasteiger partial charge in [-0.15, -0.1) is 0 Å². The van der Waals surface area contributed by atoms with E-state index in [1.165, 1.54) is 9.13 Å². The fourth-order valence-corrected chi connectivity index (χ4v) is 3.36. The molecule has 0 spiro atoms. The second-order valence-corrected chi connectivity index (χ2v) is 7.01. The third-order valence-corrected chi connectivity index (χ3v) is 4.93. The second-order valence-electron chi connectivity index (χ2n) is 7.01. The number of nitriles is 1. The molecule has 2 aromatic heterocycles. The molecule has 154 valence electrons. The summed E-state index contributed by atoms with van der Waals surface area (Å²) in [6.45, 7) is 1.73. The molecular formula is C23H19N5O3. The van der Waals surface area contributed by atoms with Gasteiger partial charge in [-0.05, 0) is 55.0 Å². The Morgan fingerprint density at radius 3 is 2.68 bits per heavy atom. The Bertz CT molecular complexity index is 1390. The highest BCUT2D eigenvalue weighted by Crippen LogP contribution is 2.26. The number of para-hydroxylation sites is 2. The number of imidazole rings is 1. The van der Waals surface area contributed by atoms with Gasteiger partial charge in [0, 0.05) is 18.9 Å². The van der Waals surface area contributed by atoms with Crippen LogP contribution in [-0.2, 0) is 18.4 Å². The summed E-state index contributed by atoms with van der Waals surface area (Å²) in [7, 11) is 1.68. The van der Waals surface area contributed by atoms with Crippen LogP contribution in [0.2, 0.25) is 0 Å². The Hall–Kier alpha value is -4.38. The predicted molar refractivity (Wildman–Crippen MR) is 116 cm³/mol. The number of rotatable bonds is 5. The van der Waals surface area contributed by atoms with Crippen molar-refractivity contribution in [2.45, 2.75) is 13.5 Å². The van der Waals surface area contributed by atoms with Crippen LogP contribution in [-0.4, -0.2) is 20.0 Å². The molecule has 0 aliphatic carbocycles. The monoisotopic (exact) mass is 413 g/mol. The minimum atomic E-state index is -0.313. The van der Waals surface area contributed by atoms with Crippen molar-refractivity contribution in [1.82, 2.24) is 14.1 Å². The summed E-state index contributed by atoms with van der Waals surface area (Å²) >= 11 is 0. The van der Waals surface area contributed by atoms with Crippen molar-refractivity contribution in [3.8, 4) is 17.7 Å². The van der Waals surface area contributed by atoms with Gasteiger partial charge in [0.2, 0.25) is 11.8 Å². The fourth-order valence-electron chi connectivity index (χ4n) is 3.36. The number of pyridine rings is 1. The van der Waals surface area contributed by atoms with Crippen LogP contribution >= 0.6 is 0 Å². The summed E-state index contributed by atoms with van der Waals surface area (Å²) in [6, 6.07) is 17.8. The number of nitrogens with one attached hydrogen (secondary N) is 1. The smallest absolute Gasteiger partial charge is 0.329 e. The standard InChI is InChI=1S/C23H19N5O3/c1-15-12-17(31-22-16(13-24)6-5-11-25-22)9-10-18(15)26-21(29)14-28-20-8-4-3-7-19(20)27(2)23(28)30/h3-12H,14H2,1-2H3,(H,26,29). The van der Waals surface area contributed by atoms with Crippen molar-refractivity contribution in [3.63, 3.8) is 0 Å². The van der Waals surface area contributed by atoms with Crippen LogP contribution in [0, 0.1) is 18.3 Å². The van der Waals surface area contributed by atoms with E-state index in [-0.39, 0.29) is 24.0 Å². The van der Waals surface area contributed by atoms with E-state index in [1.807, 2.05) is 37.3 Å². The molecule has 0 atom stereocenters. The van der Waals surface area contributed by atoms with E-state index >= 15 is 0 Å². The molecule has 1 amide bonds. The molecule has 2 aromatic carbocycles. The highest BCUT2D eigenvalue weighted by atomic mass is 16.5. The number of benzene rings is 2. The topological polar surface area (TPSA) is 102 Å². The van der Waals surface area contributed by atoms with Gasteiger partial charge in [0.25, 0.3) is 0 Å². The highest BCUT2D eigenvalue weighted by Gasteiger charge is 2.14. The molecule has 0 aliphatic heterocycles. The second kappa shape index (κ2) is 8.16. The van der Waals surface area contributed by atoms with E-state index < -0.39 is 0 Å². The molecule has 4 rings (SSSR count). The molecular weight excluding hydrogens is 394 g/mol. The number of fused-ring (bicyclic) bond motifs is 1. The van der Waals surface area contributed by atoms with Crippen molar-refractivity contribution in [2.75, 3.05) is 5.32 Å². The third-order valence-electron chi connectivity index (χ3n) is 4.93. The molecule has 0 unspecified atom stereocenters. The zero-order valence-electron chi connectivity index (χ0n) is 17.0. The van der Waals surface area contributed by atoms with Gasteiger partial charge in [-0.1, -0.05) is 12.1 Å². The first-order valence-electron chi connectivity index (χ1n) is 9.55. The lowest BCUT2D eigenvalue weighted by Gasteiger charge is -2.11. The molecule has 0 saturated carbocycles. The first kappa shape index (κ1) is 19.9. The maximum absolute atomic E-state index is 12.6. The van der Waals surface area contributed by atoms with E-state index in [1.54, 1.807) is 43.6 Å². The number of nitrogens with zero attached hydrogens (tertiary/aromatic N) is 4. The number of hydrogen-bond acceptors (Lipinski definition) is 5. The van der Waals surface area contributed by atoms with Crippen molar-refractivity contribution < 1.29 is 9.53 Å². The Morgan fingerprint density at radius 1 is 1.16 bits per heavy atom. The Kier molecular flexibility index (Phi) is 5.24. The number of carbonyl (C=O) groups is 1. The van der Waals surface area contributed by atoms with E-state index in [0.717, 1.165) is 11.1 Å². The van der Waals surface area contributed by atoms with Crippen LogP contribution in [0.15, 0.2) is 65.6 Å². The van der Waals surface area contributed by atoms with Crippen molar-refractivity contribution in [3.05, 3.63) is 82.4 Å². The minimum Gasteiger partial charge on any atom is -0.438 e.